The summed E-state index contributed by atoms with van der Waals surface area (Å²) < 4.78 is 0. The summed E-state index contributed by atoms with van der Waals surface area (Å²) in [7, 11) is 0. The molecule has 0 aliphatic carbocycles. The molecule has 1 nitrogen and oxygen atoms in total. The van der Waals surface area contributed by atoms with Gasteiger partial charge in [0.05, 0.1) is 10.7 Å². The van der Waals surface area contributed by atoms with E-state index in [1.54, 1.807) is 0 Å². The van der Waals surface area contributed by atoms with E-state index in [4.69, 9.17) is 23.2 Å². The van der Waals surface area contributed by atoms with Crippen LogP contribution in [0, 0.1) is 6.92 Å². The largest absolute Gasteiger partial charge is 0.383 e. The maximum Gasteiger partial charge on any atom is 0.0644 e. The molecule has 1 aliphatic heterocycles. The van der Waals surface area contributed by atoms with E-state index in [1.807, 2.05) is 13.0 Å². The Morgan fingerprint density at radius 2 is 2.00 bits per heavy atom. The fraction of sp³-hybridized carbons (Fsp3) is 0.455. The highest BCUT2D eigenvalue weighted by molar-refractivity contribution is 6.37. The normalized spacial score (nSPS) is 17.8. The second kappa shape index (κ2) is 3.04. The van der Waals surface area contributed by atoms with Crippen LogP contribution >= 0.6 is 23.2 Å². The molecule has 1 heterocycles. The highest BCUT2D eigenvalue weighted by Gasteiger charge is 2.34. The molecule has 0 bridgehead atoms. The van der Waals surface area contributed by atoms with Crippen LogP contribution in [-0.4, -0.2) is 6.54 Å². The van der Waals surface area contributed by atoms with Gasteiger partial charge in [-0.2, -0.15) is 0 Å². The van der Waals surface area contributed by atoms with E-state index in [1.165, 1.54) is 0 Å². The van der Waals surface area contributed by atoms with Crippen LogP contribution < -0.4 is 5.32 Å². The smallest absolute Gasteiger partial charge is 0.0644 e. The Labute approximate surface area is 94.4 Å². The van der Waals surface area contributed by atoms with Crippen LogP contribution in [0.2, 0.25) is 10.0 Å². The number of aryl methyl sites for hydroxylation is 1. The summed E-state index contributed by atoms with van der Waals surface area (Å²) in [6, 6.07) is 1.91. The molecule has 2 rings (SSSR count). The van der Waals surface area contributed by atoms with Crippen molar-refractivity contribution in [2.75, 3.05) is 11.9 Å². The van der Waals surface area contributed by atoms with E-state index >= 15 is 0 Å². The van der Waals surface area contributed by atoms with Gasteiger partial charge in [-0.1, -0.05) is 37.0 Å². The summed E-state index contributed by atoms with van der Waals surface area (Å²) in [6.07, 6.45) is 0. The van der Waals surface area contributed by atoms with Gasteiger partial charge in [-0.15, -0.1) is 0 Å². The Morgan fingerprint density at radius 1 is 1.36 bits per heavy atom. The van der Waals surface area contributed by atoms with Crippen LogP contribution in [0.15, 0.2) is 6.07 Å². The van der Waals surface area contributed by atoms with Crippen LogP contribution in [0.25, 0.3) is 0 Å². The number of hydrogen-bond donors (Lipinski definition) is 1. The Balaban J connectivity index is 2.75. The molecular weight excluding hydrogens is 217 g/mol. The van der Waals surface area contributed by atoms with Gasteiger partial charge in [-0.05, 0) is 18.6 Å². The summed E-state index contributed by atoms with van der Waals surface area (Å²) in [5, 5.41) is 4.93. The first-order valence-electron chi connectivity index (χ1n) is 4.66. The van der Waals surface area contributed by atoms with E-state index in [-0.39, 0.29) is 5.41 Å². The van der Waals surface area contributed by atoms with Gasteiger partial charge in [0, 0.05) is 22.5 Å². The van der Waals surface area contributed by atoms with Gasteiger partial charge in [-0.3, -0.25) is 0 Å². The summed E-state index contributed by atoms with van der Waals surface area (Å²) in [4.78, 5) is 0. The number of nitrogens with one attached hydrogen (secondary N) is 1. The minimum absolute atomic E-state index is 0.0715. The molecule has 0 radical (unpaired) electrons. The Hall–Kier alpha value is -0.400. The molecule has 3 heteroatoms. The SMILES string of the molecule is Cc1cc(Cl)c2c(c1Cl)C(C)(C)CN2. The van der Waals surface area contributed by atoms with Crippen molar-refractivity contribution in [3.05, 3.63) is 27.2 Å². The number of halogens is 2. The van der Waals surface area contributed by atoms with Crippen LogP contribution in [0.3, 0.4) is 0 Å². The molecule has 0 saturated heterocycles. The highest BCUT2D eigenvalue weighted by Crippen LogP contribution is 2.45. The van der Waals surface area contributed by atoms with Crippen LogP contribution in [0.4, 0.5) is 5.69 Å². The fourth-order valence-corrected chi connectivity index (χ4v) is 2.69. The third-order valence-corrected chi connectivity index (χ3v) is 3.57. The molecule has 0 unspecified atom stereocenters. The second-order valence-electron chi connectivity index (χ2n) is 4.48. The van der Waals surface area contributed by atoms with Gasteiger partial charge in [0.25, 0.3) is 0 Å². The van der Waals surface area contributed by atoms with Gasteiger partial charge in [0.2, 0.25) is 0 Å². The minimum atomic E-state index is 0.0715. The molecule has 1 aromatic rings. The number of rotatable bonds is 0. The van der Waals surface area contributed by atoms with Gasteiger partial charge in [-0.25, -0.2) is 0 Å². The lowest BCUT2D eigenvalue weighted by molar-refractivity contribution is 0.586. The lowest BCUT2D eigenvalue weighted by Crippen LogP contribution is -2.19. The lowest BCUT2D eigenvalue weighted by atomic mass is 9.86. The minimum Gasteiger partial charge on any atom is -0.383 e. The van der Waals surface area contributed by atoms with Crippen molar-refractivity contribution in [1.82, 2.24) is 0 Å². The molecule has 1 aromatic carbocycles. The first-order valence-corrected chi connectivity index (χ1v) is 5.42. The zero-order valence-electron chi connectivity index (χ0n) is 8.54. The van der Waals surface area contributed by atoms with Crippen molar-refractivity contribution >= 4 is 28.9 Å². The summed E-state index contributed by atoms with van der Waals surface area (Å²) in [5.74, 6) is 0. The van der Waals surface area contributed by atoms with Crippen molar-refractivity contribution in [3.8, 4) is 0 Å². The van der Waals surface area contributed by atoms with Crippen molar-refractivity contribution < 1.29 is 0 Å². The number of anilines is 1. The van der Waals surface area contributed by atoms with E-state index in [0.29, 0.717) is 0 Å². The molecule has 76 valence electrons. The molecule has 0 amide bonds. The molecular formula is C11H13Cl2N. The molecule has 1 N–H and O–H groups in total. The first kappa shape index (κ1) is 10.1. The maximum atomic E-state index is 6.30. The Morgan fingerprint density at radius 3 is 2.64 bits per heavy atom. The van der Waals surface area contributed by atoms with Crippen LogP contribution in [0.5, 0.6) is 0 Å². The Kier molecular flexibility index (Phi) is 2.20. The summed E-state index contributed by atoms with van der Waals surface area (Å²) in [6.45, 7) is 7.23. The third-order valence-electron chi connectivity index (χ3n) is 2.78. The van der Waals surface area contributed by atoms with Crippen LogP contribution in [-0.2, 0) is 5.41 Å². The molecule has 1 aliphatic rings. The van der Waals surface area contributed by atoms with E-state index in [9.17, 15) is 0 Å². The molecule has 0 aromatic heterocycles. The monoisotopic (exact) mass is 229 g/mol. The van der Waals surface area contributed by atoms with Gasteiger partial charge >= 0.3 is 0 Å². The summed E-state index contributed by atoms with van der Waals surface area (Å²) in [5.41, 5.74) is 3.28. The van der Waals surface area contributed by atoms with Crippen LogP contribution in [0.1, 0.15) is 25.0 Å². The van der Waals surface area contributed by atoms with Gasteiger partial charge in [0.1, 0.15) is 0 Å². The second-order valence-corrected chi connectivity index (χ2v) is 5.26. The first-order chi connectivity index (χ1) is 6.43. The highest BCUT2D eigenvalue weighted by atomic mass is 35.5. The molecule has 0 spiro atoms. The van der Waals surface area contributed by atoms with E-state index in [0.717, 1.165) is 33.4 Å². The van der Waals surface area contributed by atoms with Crippen molar-refractivity contribution in [3.63, 3.8) is 0 Å². The lowest BCUT2D eigenvalue weighted by Gasteiger charge is -2.19. The molecule has 0 fully saturated rings. The Bertz CT molecular complexity index is 397. The average molecular weight is 230 g/mol. The van der Waals surface area contributed by atoms with E-state index < -0.39 is 0 Å². The van der Waals surface area contributed by atoms with Crippen molar-refractivity contribution in [2.24, 2.45) is 0 Å². The predicted octanol–water partition coefficient (Wildman–Crippen LogP) is 4.00. The molecule has 0 atom stereocenters. The average Bonchev–Trinajstić information content (AvgIpc) is 2.38. The third kappa shape index (κ3) is 1.31. The molecule has 0 saturated carbocycles. The fourth-order valence-electron chi connectivity index (χ4n) is 1.96. The van der Waals surface area contributed by atoms with Crippen molar-refractivity contribution in [2.45, 2.75) is 26.2 Å². The zero-order chi connectivity index (χ0) is 10.5. The number of fused-ring (bicyclic) bond motifs is 1. The zero-order valence-corrected chi connectivity index (χ0v) is 10.1. The topological polar surface area (TPSA) is 12.0 Å². The maximum absolute atomic E-state index is 6.30. The van der Waals surface area contributed by atoms with Crippen molar-refractivity contribution in [1.29, 1.82) is 0 Å². The number of benzene rings is 1. The molecule has 14 heavy (non-hydrogen) atoms. The summed E-state index contributed by atoms with van der Waals surface area (Å²) >= 11 is 12.4. The van der Waals surface area contributed by atoms with Gasteiger partial charge < -0.3 is 5.32 Å². The number of hydrogen-bond acceptors (Lipinski definition) is 1. The standard InChI is InChI=1S/C11H13Cl2N/c1-6-4-7(12)10-8(9(6)13)11(2,3)5-14-10/h4,14H,5H2,1-3H3. The van der Waals surface area contributed by atoms with E-state index in [2.05, 4.69) is 19.2 Å². The van der Waals surface area contributed by atoms with Gasteiger partial charge in [0.15, 0.2) is 0 Å². The predicted molar refractivity (Wildman–Crippen MR) is 62.7 cm³/mol. The quantitative estimate of drug-likeness (QED) is 0.710.